The number of rotatable bonds is 33. The molecule has 1 saturated heterocycles. The van der Waals surface area contributed by atoms with Crippen LogP contribution in [0.1, 0.15) is 12.8 Å². The molecule has 1 heterocycles. The van der Waals surface area contributed by atoms with E-state index in [0.717, 1.165) is 7.11 Å². The summed E-state index contributed by atoms with van der Waals surface area (Å²) in [5.74, 6) is -198. The van der Waals surface area contributed by atoms with Crippen LogP contribution in [0.25, 0.3) is 0 Å². The van der Waals surface area contributed by atoms with Crippen molar-refractivity contribution in [3.63, 3.8) is 0 Å². The third-order valence-electron chi connectivity index (χ3n) is 15.2. The fraction of sp³-hybridized carbons (Fsp3) is 0.615. The normalized spacial score (nSPS) is 16.8. The fourth-order valence-electron chi connectivity index (χ4n) is 9.12. The van der Waals surface area contributed by atoms with Crippen molar-refractivity contribution in [1.82, 2.24) is 4.90 Å². The molecular formula is C52H33F46N2O5P. The molecule has 0 bridgehead atoms. The molecule has 608 valence electrons. The molecule has 106 heavy (non-hydrogen) atoms. The van der Waals surface area contributed by atoms with Crippen molar-refractivity contribution >= 4 is 41.5 Å². The number of carbonyl (C=O) groups excluding carboxylic acids is 2. The Kier molecular flexibility index (Phi) is 24.3. The lowest BCUT2D eigenvalue weighted by Crippen LogP contribution is -2.78. The summed E-state index contributed by atoms with van der Waals surface area (Å²) in [7, 11) is -0.913. The number of carbonyl (C=O) groups is 2. The molecular weight excluding hydrogens is 1640 g/mol. The van der Waals surface area contributed by atoms with Crippen LogP contribution in [0.2, 0.25) is 0 Å². The van der Waals surface area contributed by atoms with Gasteiger partial charge in [0.05, 0.1) is 12.8 Å². The molecule has 1 aliphatic heterocycles. The number of methoxy groups -OCH3 is 1. The van der Waals surface area contributed by atoms with Crippen LogP contribution in [-0.4, -0.2) is 200 Å². The maximum atomic E-state index is 15.1. The van der Waals surface area contributed by atoms with Gasteiger partial charge in [-0.1, -0.05) is 72.8 Å². The molecule has 0 aliphatic carbocycles. The van der Waals surface area contributed by atoms with Gasteiger partial charge in [0.25, 0.3) is 0 Å². The zero-order valence-corrected chi connectivity index (χ0v) is 50.9. The predicted octanol–water partition coefficient (Wildman–Crippen LogP) is 17.6. The second kappa shape index (κ2) is 28.0. The van der Waals surface area contributed by atoms with Crippen LogP contribution in [0.5, 0.6) is 5.75 Å². The van der Waals surface area contributed by atoms with Crippen molar-refractivity contribution in [2.24, 2.45) is 0 Å². The second-order valence-electron chi connectivity index (χ2n) is 21.9. The van der Waals surface area contributed by atoms with Gasteiger partial charge in [0.1, 0.15) is 19.0 Å². The van der Waals surface area contributed by atoms with E-state index in [1.54, 1.807) is 0 Å². The molecule has 3 aromatic carbocycles. The van der Waals surface area contributed by atoms with E-state index in [0.29, 0.717) is 10.6 Å². The average Bonchev–Trinajstić information content (AvgIpc) is 0.688. The number of hydrogen-bond acceptors (Lipinski definition) is 7. The largest absolute Gasteiger partial charge is 0.495 e. The molecule has 0 radical (unpaired) electrons. The predicted molar refractivity (Wildman–Crippen MR) is 261 cm³/mol. The van der Waals surface area contributed by atoms with Crippen LogP contribution in [-0.2, 0) is 19.1 Å². The van der Waals surface area contributed by atoms with Crippen molar-refractivity contribution in [1.29, 1.82) is 0 Å². The summed E-state index contributed by atoms with van der Waals surface area (Å²) in [5, 5.41) is 1.14. The Morgan fingerprint density at radius 1 is 0.368 bits per heavy atom. The van der Waals surface area contributed by atoms with E-state index in [2.05, 4.69) is 9.47 Å². The highest BCUT2D eigenvalue weighted by Gasteiger charge is 3.01. The van der Waals surface area contributed by atoms with Crippen LogP contribution in [0.3, 0.4) is 0 Å². The molecule has 54 heteroatoms. The van der Waals surface area contributed by atoms with E-state index < -0.39 is 196 Å². The molecule has 0 N–H and O–H groups in total. The lowest BCUT2D eigenvalue weighted by atomic mass is 9.85. The standard InChI is InChI=1S/C52H33F46N2O5P/c1-103-26-15-8-16-27(106(24-11-4-2-5-12-24)25-13-6-3-7-14-25)28(26)100-17-9-10-23(100)22-99(18-20-104-29(101)31(53,54)33(57,58)35(61,62)37(65,66)39(69,70)41(73,74)43(77,78)45(81,82)47(85,86)49(89,90)51(93,94)95)19-21-105-30(102)32(55,56)34(59,60)36(63,64)38(67,68)40(71,72)42(75,76)44(79,80)46(83,84)48(87,88)50(91,92)52(96,97)98/h2-8,11-16,23H,9-10,17-22H2,1H3/t23-/m0/s1. The Bertz CT molecular complexity index is 3370. The first kappa shape index (κ1) is 91.8. The molecule has 1 aliphatic rings. The molecule has 0 spiro atoms. The third kappa shape index (κ3) is 13.4. The Balaban J connectivity index is 1.81. The summed E-state index contributed by atoms with van der Waals surface area (Å²) in [6.45, 7) is -10.6. The van der Waals surface area contributed by atoms with Gasteiger partial charge < -0.3 is 19.1 Å². The first-order valence-corrected chi connectivity index (χ1v) is 28.3. The van der Waals surface area contributed by atoms with Gasteiger partial charge in [-0.05, 0) is 37.4 Å². The maximum absolute atomic E-state index is 15.1. The topological polar surface area (TPSA) is 68.3 Å². The summed E-state index contributed by atoms with van der Waals surface area (Å²) in [6.07, 6.45) is -17.4. The van der Waals surface area contributed by atoms with Gasteiger partial charge in [0.15, 0.2) is 0 Å². The highest BCUT2D eigenvalue weighted by molar-refractivity contribution is 7.80. The Morgan fingerprint density at radius 3 is 0.896 bits per heavy atom. The summed E-state index contributed by atoms with van der Waals surface area (Å²) < 4.78 is 660. The van der Waals surface area contributed by atoms with Crippen LogP contribution >= 0.6 is 7.92 Å². The Morgan fingerprint density at radius 2 is 0.632 bits per heavy atom. The van der Waals surface area contributed by atoms with Gasteiger partial charge in [-0.2, -0.15) is 202 Å². The van der Waals surface area contributed by atoms with E-state index in [-0.39, 0.29) is 34.6 Å². The third-order valence-corrected chi connectivity index (χ3v) is 17.7. The zero-order valence-electron chi connectivity index (χ0n) is 50.0. The van der Waals surface area contributed by atoms with E-state index in [1.165, 1.54) is 83.8 Å². The molecule has 7 nitrogen and oxygen atoms in total. The number of benzene rings is 3. The Hall–Kier alpha value is -6.63. The van der Waals surface area contributed by atoms with Gasteiger partial charge in [-0.15, -0.1) is 0 Å². The molecule has 0 saturated carbocycles. The van der Waals surface area contributed by atoms with Crippen molar-refractivity contribution in [3.8, 4) is 5.75 Å². The minimum atomic E-state index is -9.91. The fourth-order valence-corrected chi connectivity index (χ4v) is 11.6. The van der Waals surface area contributed by atoms with Gasteiger partial charge in [-0.3, -0.25) is 4.90 Å². The summed E-state index contributed by atoms with van der Waals surface area (Å²) in [5.41, 5.74) is -0.0632. The minimum Gasteiger partial charge on any atom is -0.495 e. The summed E-state index contributed by atoms with van der Waals surface area (Å²) in [6, 6.07) is 17.5. The van der Waals surface area contributed by atoms with E-state index in [4.69, 9.17) is 4.74 Å². The van der Waals surface area contributed by atoms with Crippen molar-refractivity contribution in [3.05, 3.63) is 78.9 Å². The second-order valence-corrected chi connectivity index (χ2v) is 24.1. The minimum absolute atomic E-state index is 0.0489. The van der Waals surface area contributed by atoms with Crippen molar-refractivity contribution < 1.29 is 226 Å². The number of nitrogens with zero attached hydrogens (tertiary/aromatic N) is 2. The summed E-state index contributed by atoms with van der Waals surface area (Å²) in [4.78, 5) is 26.0. The number of esters is 2. The molecule has 1 fully saturated rings. The first-order chi connectivity index (χ1) is 46.9. The molecule has 0 unspecified atom stereocenters. The zero-order chi connectivity index (χ0) is 83.3. The van der Waals surface area contributed by atoms with E-state index in [9.17, 15) is 194 Å². The molecule has 3 aromatic rings. The van der Waals surface area contributed by atoms with E-state index >= 15 is 17.6 Å². The number of anilines is 1. The molecule has 4 rings (SSSR count). The quantitative estimate of drug-likeness (QED) is 0.0342. The van der Waals surface area contributed by atoms with Crippen molar-refractivity contribution in [2.75, 3.05) is 51.4 Å². The smallest absolute Gasteiger partial charge is 0.460 e. The highest BCUT2D eigenvalue weighted by atomic mass is 31.1. The Labute approximate surface area is 557 Å². The van der Waals surface area contributed by atoms with Crippen LogP contribution in [0.15, 0.2) is 78.9 Å². The number of hydrogen-bond donors (Lipinski definition) is 0. The molecule has 1 atom stereocenters. The van der Waals surface area contributed by atoms with Gasteiger partial charge in [0.2, 0.25) is 0 Å². The van der Waals surface area contributed by atoms with Crippen LogP contribution in [0, 0.1) is 0 Å². The SMILES string of the molecule is COc1cccc(P(c2ccccc2)c2ccccc2)c1N1CCC[C@H]1CN(CCOC(=O)C(F)(F)C(F)(F)C(F)(F)C(F)(F)C(F)(F)C(F)(F)C(F)(F)C(F)(F)C(F)(F)C(F)(F)C(F)(F)F)CCOC(=O)C(F)(F)C(F)(F)C(F)(F)C(F)(F)C(F)(F)C(F)(F)C(F)(F)C(F)(F)C(F)(F)C(F)(F)C(F)(F)F. The van der Waals surface area contributed by atoms with Crippen LogP contribution in [0.4, 0.5) is 208 Å². The number of halogens is 46. The van der Waals surface area contributed by atoms with Gasteiger partial charge in [0, 0.05) is 37.5 Å². The number of alkyl halides is 46. The van der Waals surface area contributed by atoms with Crippen LogP contribution < -0.4 is 25.6 Å². The monoisotopic (exact) mass is 1670 g/mol. The average molecular weight is 1670 g/mol. The lowest BCUT2D eigenvalue weighted by Gasteiger charge is -2.45. The number of ether oxygens (including phenoxy) is 3. The molecule has 0 aromatic heterocycles. The van der Waals surface area contributed by atoms with Gasteiger partial charge >= 0.3 is 143 Å². The summed E-state index contributed by atoms with van der Waals surface area (Å²) >= 11 is 0. The lowest BCUT2D eigenvalue weighted by molar-refractivity contribution is -0.477. The van der Waals surface area contributed by atoms with E-state index in [1.807, 2.05) is 0 Å². The highest BCUT2D eigenvalue weighted by Crippen LogP contribution is 2.70. The van der Waals surface area contributed by atoms with Crippen molar-refractivity contribution in [2.45, 2.75) is 150 Å². The first-order valence-electron chi connectivity index (χ1n) is 27.0. The van der Waals surface area contributed by atoms with Gasteiger partial charge in [-0.25, -0.2) is 9.59 Å². The number of para-hydroxylation sites is 1. The maximum Gasteiger partial charge on any atom is 0.460 e. The molecule has 0 amide bonds.